The summed E-state index contributed by atoms with van der Waals surface area (Å²) in [7, 11) is -3.50. The van der Waals surface area contributed by atoms with Gasteiger partial charge in [-0.3, -0.25) is 9.78 Å². The van der Waals surface area contributed by atoms with Gasteiger partial charge in [-0.2, -0.15) is 4.31 Å². The van der Waals surface area contributed by atoms with Gasteiger partial charge in [-0.25, -0.2) is 8.42 Å². The van der Waals surface area contributed by atoms with Gasteiger partial charge in [0.1, 0.15) is 10.7 Å². The molecule has 0 aromatic carbocycles. The van der Waals surface area contributed by atoms with Crippen LogP contribution >= 0.6 is 0 Å². The first-order chi connectivity index (χ1) is 12.0. The molecule has 0 atom stereocenters. The number of amides is 1. The van der Waals surface area contributed by atoms with E-state index in [0.29, 0.717) is 38.2 Å². The minimum Gasteiger partial charge on any atom is -0.361 e. The van der Waals surface area contributed by atoms with Crippen molar-refractivity contribution in [2.45, 2.75) is 24.7 Å². The third kappa shape index (κ3) is 4.05. The van der Waals surface area contributed by atoms with Crippen LogP contribution in [0.3, 0.4) is 0 Å². The predicted molar refractivity (Wildman–Crippen MR) is 89.3 cm³/mol. The maximum absolute atomic E-state index is 12.5. The van der Waals surface area contributed by atoms with Crippen molar-refractivity contribution in [1.29, 1.82) is 0 Å². The average molecular weight is 364 g/mol. The average Bonchev–Trinajstić information content (AvgIpc) is 3.07. The minimum atomic E-state index is -3.50. The second kappa shape index (κ2) is 7.32. The molecule has 1 N–H and O–H groups in total. The number of hydrogen-bond donors (Lipinski definition) is 1. The highest BCUT2D eigenvalue weighted by Crippen LogP contribution is 2.23. The number of piperidine rings is 1. The Bertz CT molecular complexity index is 827. The summed E-state index contributed by atoms with van der Waals surface area (Å²) in [5.41, 5.74) is 0.258. The lowest BCUT2D eigenvalue weighted by Crippen LogP contribution is -2.41. The molecule has 9 heteroatoms. The van der Waals surface area contributed by atoms with Gasteiger partial charge in [-0.15, -0.1) is 0 Å². The summed E-state index contributed by atoms with van der Waals surface area (Å²) >= 11 is 0. The molecule has 0 aliphatic carbocycles. The smallest absolute Gasteiger partial charge is 0.273 e. The Morgan fingerprint density at radius 3 is 2.76 bits per heavy atom. The van der Waals surface area contributed by atoms with E-state index < -0.39 is 10.0 Å². The summed E-state index contributed by atoms with van der Waals surface area (Å²) in [5.74, 6) is 0.540. The van der Waals surface area contributed by atoms with Gasteiger partial charge in [0.15, 0.2) is 5.69 Å². The first kappa shape index (κ1) is 17.6. The van der Waals surface area contributed by atoms with E-state index in [1.54, 1.807) is 31.3 Å². The molecule has 2 aromatic heterocycles. The van der Waals surface area contributed by atoms with Crippen molar-refractivity contribution < 1.29 is 17.7 Å². The summed E-state index contributed by atoms with van der Waals surface area (Å²) in [5, 5.41) is 6.50. The van der Waals surface area contributed by atoms with E-state index in [-0.39, 0.29) is 22.4 Å². The molecule has 1 aliphatic heterocycles. The van der Waals surface area contributed by atoms with E-state index in [4.69, 9.17) is 4.52 Å². The molecular formula is C16H20N4O4S. The third-order valence-corrected chi connectivity index (χ3v) is 6.14. The van der Waals surface area contributed by atoms with E-state index in [1.807, 2.05) is 0 Å². The summed E-state index contributed by atoms with van der Waals surface area (Å²) in [6.45, 7) is 3.08. The second-order valence-corrected chi connectivity index (χ2v) is 8.01. The molecule has 25 heavy (non-hydrogen) atoms. The molecule has 1 aliphatic rings. The van der Waals surface area contributed by atoms with E-state index in [9.17, 15) is 13.2 Å². The molecule has 0 unspecified atom stereocenters. The van der Waals surface area contributed by atoms with Crippen LogP contribution in [0.5, 0.6) is 0 Å². The Labute approximate surface area is 146 Å². The standard InChI is InChI=1S/C16H20N4O4S/c1-12-9-15(19-24-12)16(21)18-10-13-4-7-20(8-5-13)25(22,23)14-3-2-6-17-11-14/h2-3,6,9,11,13H,4-5,7-8,10H2,1H3,(H,18,21). The van der Waals surface area contributed by atoms with Crippen molar-refractivity contribution >= 4 is 15.9 Å². The summed E-state index contributed by atoms with van der Waals surface area (Å²) in [4.78, 5) is 16.0. The first-order valence-corrected chi connectivity index (χ1v) is 9.52. The predicted octanol–water partition coefficient (Wildman–Crippen LogP) is 1.21. The Hall–Kier alpha value is -2.26. The zero-order valence-corrected chi connectivity index (χ0v) is 14.7. The Balaban J connectivity index is 1.51. The molecule has 0 saturated carbocycles. The van der Waals surface area contributed by atoms with Crippen LogP contribution in [0, 0.1) is 12.8 Å². The summed E-state index contributed by atoms with van der Waals surface area (Å²) in [6, 6.07) is 4.74. The highest BCUT2D eigenvalue weighted by Gasteiger charge is 2.29. The van der Waals surface area contributed by atoms with Crippen molar-refractivity contribution in [3.05, 3.63) is 42.0 Å². The second-order valence-electron chi connectivity index (χ2n) is 6.07. The molecule has 8 nitrogen and oxygen atoms in total. The number of rotatable bonds is 5. The molecule has 2 aromatic rings. The molecule has 3 rings (SSSR count). The molecule has 134 valence electrons. The molecule has 1 amide bonds. The molecule has 0 spiro atoms. The summed E-state index contributed by atoms with van der Waals surface area (Å²) < 4.78 is 31.4. The lowest BCUT2D eigenvalue weighted by atomic mass is 9.98. The fraction of sp³-hybridized carbons (Fsp3) is 0.438. The van der Waals surface area contributed by atoms with Gasteiger partial charge in [0, 0.05) is 38.1 Å². The Morgan fingerprint density at radius 2 is 2.16 bits per heavy atom. The zero-order chi connectivity index (χ0) is 17.9. The number of hydrogen-bond acceptors (Lipinski definition) is 6. The molecule has 0 bridgehead atoms. The quantitative estimate of drug-likeness (QED) is 0.855. The van der Waals surface area contributed by atoms with Gasteiger partial charge in [0.25, 0.3) is 5.91 Å². The van der Waals surface area contributed by atoms with E-state index in [2.05, 4.69) is 15.5 Å². The normalized spacial score (nSPS) is 16.7. The summed E-state index contributed by atoms with van der Waals surface area (Å²) in [6.07, 6.45) is 4.29. The van der Waals surface area contributed by atoms with Crippen LogP contribution < -0.4 is 5.32 Å². The van der Waals surface area contributed by atoms with Crippen molar-refractivity contribution in [2.24, 2.45) is 5.92 Å². The first-order valence-electron chi connectivity index (χ1n) is 8.08. The van der Waals surface area contributed by atoms with Crippen molar-refractivity contribution in [1.82, 2.24) is 19.8 Å². The van der Waals surface area contributed by atoms with Gasteiger partial charge in [0.05, 0.1) is 0 Å². The number of aromatic nitrogens is 2. The number of carbonyl (C=O) groups is 1. The number of sulfonamides is 1. The fourth-order valence-electron chi connectivity index (χ4n) is 2.80. The lowest BCUT2D eigenvalue weighted by molar-refractivity contribution is 0.0932. The molecular weight excluding hydrogens is 344 g/mol. The molecule has 1 saturated heterocycles. The van der Waals surface area contributed by atoms with Gasteiger partial charge >= 0.3 is 0 Å². The van der Waals surface area contributed by atoms with Crippen LogP contribution in [-0.4, -0.2) is 48.4 Å². The highest BCUT2D eigenvalue weighted by molar-refractivity contribution is 7.89. The van der Waals surface area contributed by atoms with Gasteiger partial charge in [-0.05, 0) is 37.8 Å². The fourth-order valence-corrected chi connectivity index (χ4v) is 4.24. The van der Waals surface area contributed by atoms with E-state index in [1.165, 1.54) is 10.5 Å². The molecule has 3 heterocycles. The maximum atomic E-state index is 12.5. The molecule has 1 fully saturated rings. The van der Waals surface area contributed by atoms with Gasteiger partial charge in [0.2, 0.25) is 10.0 Å². The minimum absolute atomic E-state index is 0.211. The number of carbonyl (C=O) groups excluding carboxylic acids is 1. The largest absolute Gasteiger partial charge is 0.361 e. The topological polar surface area (TPSA) is 105 Å². The van der Waals surface area contributed by atoms with Crippen LogP contribution in [0.4, 0.5) is 0 Å². The number of pyridine rings is 1. The lowest BCUT2D eigenvalue weighted by Gasteiger charge is -2.31. The Kier molecular flexibility index (Phi) is 5.14. The van der Waals surface area contributed by atoms with Gasteiger partial charge < -0.3 is 9.84 Å². The molecule has 0 radical (unpaired) electrons. The zero-order valence-electron chi connectivity index (χ0n) is 13.9. The highest BCUT2D eigenvalue weighted by atomic mass is 32.2. The van der Waals surface area contributed by atoms with Crippen LogP contribution in [0.1, 0.15) is 29.1 Å². The van der Waals surface area contributed by atoms with Crippen LogP contribution in [0.25, 0.3) is 0 Å². The van der Waals surface area contributed by atoms with Crippen LogP contribution in [0.2, 0.25) is 0 Å². The van der Waals surface area contributed by atoms with E-state index >= 15 is 0 Å². The number of aryl methyl sites for hydroxylation is 1. The van der Waals surface area contributed by atoms with Gasteiger partial charge in [-0.1, -0.05) is 5.16 Å². The Morgan fingerprint density at radius 1 is 1.40 bits per heavy atom. The SMILES string of the molecule is Cc1cc(C(=O)NCC2CCN(S(=O)(=O)c3cccnc3)CC2)no1. The van der Waals surface area contributed by atoms with Crippen LogP contribution in [0.15, 0.2) is 40.0 Å². The van der Waals surface area contributed by atoms with E-state index in [0.717, 1.165) is 0 Å². The van der Waals surface area contributed by atoms with Crippen molar-refractivity contribution in [2.75, 3.05) is 19.6 Å². The monoisotopic (exact) mass is 364 g/mol. The van der Waals surface area contributed by atoms with Crippen molar-refractivity contribution in [3.63, 3.8) is 0 Å². The number of nitrogens with zero attached hydrogens (tertiary/aromatic N) is 3. The van der Waals surface area contributed by atoms with Crippen LogP contribution in [-0.2, 0) is 10.0 Å². The van der Waals surface area contributed by atoms with Crippen molar-refractivity contribution in [3.8, 4) is 0 Å². The number of nitrogens with one attached hydrogen (secondary N) is 1. The third-order valence-electron chi connectivity index (χ3n) is 4.26. The maximum Gasteiger partial charge on any atom is 0.273 e.